The van der Waals surface area contributed by atoms with Crippen LogP contribution in [0.5, 0.6) is 0 Å². The molecule has 3 nitrogen and oxygen atoms in total. The van der Waals surface area contributed by atoms with Crippen molar-refractivity contribution >= 4 is 49.3 Å². The lowest BCUT2D eigenvalue weighted by Crippen LogP contribution is -2.28. The minimum absolute atomic E-state index is 0.00217. The third-order valence-corrected chi connectivity index (χ3v) is 3.61. The number of halogens is 3. The highest BCUT2D eigenvalue weighted by Gasteiger charge is 2.26. The van der Waals surface area contributed by atoms with Crippen LogP contribution in [0.2, 0.25) is 0 Å². The molecule has 1 N–H and O–H groups in total. The Kier molecular flexibility index (Phi) is 3.88. The van der Waals surface area contributed by atoms with Gasteiger partial charge in [0.1, 0.15) is 5.82 Å². The Bertz CT molecular complexity index is 364. The van der Waals surface area contributed by atoms with Gasteiger partial charge in [-0.3, -0.25) is 0 Å². The van der Waals surface area contributed by atoms with E-state index in [0.29, 0.717) is 13.2 Å². The molecule has 0 aliphatic carbocycles. The molecule has 2 heterocycles. The van der Waals surface area contributed by atoms with E-state index in [2.05, 4.69) is 42.2 Å². The molecule has 82 valence electrons. The lowest BCUT2D eigenvalue weighted by Gasteiger charge is -2.15. The van der Waals surface area contributed by atoms with Crippen molar-refractivity contribution in [2.24, 2.45) is 0 Å². The number of rotatable bonds is 2. The first-order chi connectivity index (χ1) is 7.16. The van der Waals surface area contributed by atoms with E-state index in [0.717, 1.165) is 14.8 Å². The van der Waals surface area contributed by atoms with Crippen molar-refractivity contribution in [1.82, 2.24) is 4.98 Å². The van der Waals surface area contributed by atoms with Crippen molar-refractivity contribution in [3.63, 3.8) is 0 Å². The molecule has 2 atom stereocenters. The summed E-state index contributed by atoms with van der Waals surface area (Å²) in [5.74, 6) is 0.791. The van der Waals surface area contributed by atoms with Gasteiger partial charge in [-0.1, -0.05) is 0 Å². The van der Waals surface area contributed by atoms with Gasteiger partial charge < -0.3 is 10.1 Å². The summed E-state index contributed by atoms with van der Waals surface area (Å²) in [6, 6.07) is 2.06. The predicted octanol–water partition coefficient (Wildman–Crippen LogP) is 3.02. The second kappa shape index (κ2) is 4.99. The predicted molar refractivity (Wildman–Crippen MR) is 67.5 cm³/mol. The molecule has 2 rings (SSSR count). The van der Waals surface area contributed by atoms with Crippen LogP contribution in [-0.4, -0.2) is 29.6 Å². The largest absolute Gasteiger partial charge is 0.378 e. The van der Waals surface area contributed by atoms with E-state index in [1.165, 1.54) is 0 Å². The highest BCUT2D eigenvalue weighted by molar-refractivity contribution is 9.11. The van der Waals surface area contributed by atoms with Crippen molar-refractivity contribution in [2.45, 2.75) is 11.4 Å². The van der Waals surface area contributed by atoms with Crippen molar-refractivity contribution in [3.05, 3.63) is 21.2 Å². The molecule has 0 saturated carbocycles. The molecular weight excluding hydrogens is 347 g/mol. The van der Waals surface area contributed by atoms with E-state index in [1.807, 2.05) is 6.07 Å². The molecule has 0 amide bonds. The number of nitrogens with one attached hydrogen (secondary N) is 1. The molecule has 2 unspecified atom stereocenters. The van der Waals surface area contributed by atoms with Crippen LogP contribution in [0.3, 0.4) is 0 Å². The fourth-order valence-corrected chi connectivity index (χ4v) is 2.68. The number of aromatic nitrogens is 1. The molecule has 1 aliphatic rings. The molecular formula is C9H9Br2ClN2O. The van der Waals surface area contributed by atoms with Crippen LogP contribution in [0.1, 0.15) is 0 Å². The first kappa shape index (κ1) is 11.6. The quantitative estimate of drug-likeness (QED) is 0.827. The number of pyridine rings is 1. The summed E-state index contributed by atoms with van der Waals surface area (Å²) in [5, 5.41) is 3.25. The maximum Gasteiger partial charge on any atom is 0.140 e. The molecule has 1 fully saturated rings. The van der Waals surface area contributed by atoms with Crippen molar-refractivity contribution in [2.75, 3.05) is 18.5 Å². The Morgan fingerprint density at radius 1 is 1.47 bits per heavy atom. The average Bonchev–Trinajstić information content (AvgIpc) is 2.57. The molecule has 0 radical (unpaired) electrons. The molecule has 1 saturated heterocycles. The zero-order valence-corrected chi connectivity index (χ0v) is 11.6. The van der Waals surface area contributed by atoms with Crippen LogP contribution in [0.4, 0.5) is 5.82 Å². The summed E-state index contributed by atoms with van der Waals surface area (Å²) in [4.78, 5) is 4.26. The van der Waals surface area contributed by atoms with Crippen LogP contribution in [0, 0.1) is 0 Å². The van der Waals surface area contributed by atoms with Gasteiger partial charge in [-0.05, 0) is 37.9 Å². The minimum Gasteiger partial charge on any atom is -0.378 e. The Hall–Kier alpha value is 0.160. The number of nitrogens with zero attached hydrogens (tertiary/aromatic N) is 1. The van der Waals surface area contributed by atoms with Crippen LogP contribution in [0.25, 0.3) is 0 Å². The third-order valence-electron chi connectivity index (χ3n) is 2.14. The summed E-state index contributed by atoms with van der Waals surface area (Å²) in [6.45, 7) is 1.21. The molecule has 1 aliphatic heterocycles. The molecule has 1 aromatic rings. The molecule has 1 aromatic heterocycles. The SMILES string of the molecule is ClC1COCC1Nc1ncc(Br)cc1Br. The van der Waals surface area contributed by atoms with Crippen LogP contribution < -0.4 is 5.32 Å². The second-order valence-electron chi connectivity index (χ2n) is 3.29. The van der Waals surface area contributed by atoms with Gasteiger partial charge in [0.05, 0.1) is 29.1 Å². The van der Waals surface area contributed by atoms with Crippen molar-refractivity contribution < 1.29 is 4.74 Å². The van der Waals surface area contributed by atoms with Gasteiger partial charge in [0.15, 0.2) is 0 Å². The summed E-state index contributed by atoms with van der Waals surface area (Å²) in [6.07, 6.45) is 1.74. The number of ether oxygens (including phenoxy) is 1. The van der Waals surface area contributed by atoms with Gasteiger partial charge in [-0.25, -0.2) is 4.98 Å². The number of alkyl halides is 1. The Labute approximate surface area is 110 Å². The van der Waals surface area contributed by atoms with Gasteiger partial charge in [0, 0.05) is 10.7 Å². The van der Waals surface area contributed by atoms with Gasteiger partial charge in [-0.2, -0.15) is 0 Å². The van der Waals surface area contributed by atoms with E-state index < -0.39 is 0 Å². The summed E-state index contributed by atoms with van der Waals surface area (Å²) < 4.78 is 7.10. The lowest BCUT2D eigenvalue weighted by molar-refractivity contribution is 0.196. The highest BCUT2D eigenvalue weighted by Crippen LogP contribution is 2.26. The molecule has 0 aromatic carbocycles. The Morgan fingerprint density at radius 3 is 2.87 bits per heavy atom. The van der Waals surface area contributed by atoms with Gasteiger partial charge in [0.2, 0.25) is 0 Å². The monoisotopic (exact) mass is 354 g/mol. The zero-order chi connectivity index (χ0) is 10.8. The third kappa shape index (κ3) is 2.84. The minimum atomic E-state index is 0.00217. The summed E-state index contributed by atoms with van der Waals surface area (Å²) in [5.41, 5.74) is 0. The highest BCUT2D eigenvalue weighted by atomic mass is 79.9. The topological polar surface area (TPSA) is 34.1 Å². The molecule has 6 heteroatoms. The van der Waals surface area contributed by atoms with Gasteiger partial charge >= 0.3 is 0 Å². The van der Waals surface area contributed by atoms with E-state index >= 15 is 0 Å². The van der Waals surface area contributed by atoms with E-state index in [9.17, 15) is 0 Å². The van der Waals surface area contributed by atoms with E-state index in [-0.39, 0.29) is 11.4 Å². The average molecular weight is 356 g/mol. The maximum absolute atomic E-state index is 6.07. The standard InChI is InChI=1S/C9H9Br2ClN2O/c10-5-1-6(11)9(13-2-5)14-8-4-15-3-7(8)12/h1-2,7-8H,3-4H2,(H,13,14). The first-order valence-electron chi connectivity index (χ1n) is 4.46. The van der Waals surface area contributed by atoms with Gasteiger partial charge in [-0.15, -0.1) is 11.6 Å². The smallest absolute Gasteiger partial charge is 0.140 e. The Morgan fingerprint density at radius 2 is 2.27 bits per heavy atom. The molecule has 0 bridgehead atoms. The van der Waals surface area contributed by atoms with Crippen molar-refractivity contribution in [3.8, 4) is 0 Å². The second-order valence-corrected chi connectivity index (χ2v) is 5.62. The fraction of sp³-hybridized carbons (Fsp3) is 0.444. The normalized spacial score (nSPS) is 25.5. The van der Waals surface area contributed by atoms with E-state index in [4.69, 9.17) is 16.3 Å². The zero-order valence-electron chi connectivity index (χ0n) is 7.71. The van der Waals surface area contributed by atoms with Gasteiger partial charge in [0.25, 0.3) is 0 Å². The van der Waals surface area contributed by atoms with Crippen molar-refractivity contribution in [1.29, 1.82) is 0 Å². The summed E-state index contributed by atoms with van der Waals surface area (Å²) >= 11 is 12.9. The Balaban J connectivity index is 2.10. The lowest BCUT2D eigenvalue weighted by atomic mass is 10.2. The maximum atomic E-state index is 6.07. The number of anilines is 1. The van der Waals surface area contributed by atoms with Crippen LogP contribution >= 0.6 is 43.5 Å². The first-order valence-corrected chi connectivity index (χ1v) is 6.48. The fourth-order valence-electron chi connectivity index (χ4n) is 1.36. The molecule has 15 heavy (non-hydrogen) atoms. The van der Waals surface area contributed by atoms with Crippen LogP contribution in [0.15, 0.2) is 21.2 Å². The number of hydrogen-bond acceptors (Lipinski definition) is 3. The molecule has 0 spiro atoms. The van der Waals surface area contributed by atoms with E-state index in [1.54, 1.807) is 6.20 Å². The number of hydrogen-bond donors (Lipinski definition) is 1. The van der Waals surface area contributed by atoms with Crippen LogP contribution in [-0.2, 0) is 4.74 Å². The summed E-state index contributed by atoms with van der Waals surface area (Å²) in [7, 11) is 0.